The van der Waals surface area contributed by atoms with Gasteiger partial charge in [0.1, 0.15) is 5.82 Å². The van der Waals surface area contributed by atoms with Gasteiger partial charge in [-0.1, -0.05) is 6.07 Å². The van der Waals surface area contributed by atoms with Crippen molar-refractivity contribution in [1.82, 2.24) is 0 Å². The van der Waals surface area contributed by atoms with E-state index in [4.69, 9.17) is 5.73 Å². The highest BCUT2D eigenvalue weighted by Gasteiger charge is 2.31. The maximum Gasteiger partial charge on any atom is 0.416 e. The van der Waals surface area contributed by atoms with E-state index in [-0.39, 0.29) is 11.3 Å². The highest BCUT2D eigenvalue weighted by Crippen LogP contribution is 2.31. The fourth-order valence-corrected chi connectivity index (χ4v) is 1.30. The Morgan fingerprint density at radius 2 is 1.93 bits per heavy atom. The summed E-state index contributed by atoms with van der Waals surface area (Å²) in [6.45, 7) is 0. The quantitative estimate of drug-likeness (QED) is 0.602. The molecule has 1 aromatic rings. The van der Waals surface area contributed by atoms with Gasteiger partial charge in [0.2, 0.25) is 0 Å². The Labute approximate surface area is 89.7 Å². The lowest BCUT2D eigenvalue weighted by atomic mass is 10.1. The lowest BCUT2D eigenvalue weighted by molar-refractivity contribution is -0.137. The van der Waals surface area contributed by atoms with E-state index < -0.39 is 23.6 Å². The van der Waals surface area contributed by atoms with Gasteiger partial charge in [-0.05, 0) is 12.1 Å². The van der Waals surface area contributed by atoms with Crippen molar-refractivity contribution in [3.8, 4) is 0 Å². The van der Waals surface area contributed by atoms with Gasteiger partial charge in [0, 0.05) is 17.4 Å². The first kappa shape index (κ1) is 12.3. The molecule has 0 saturated heterocycles. The van der Waals surface area contributed by atoms with Gasteiger partial charge in [-0.25, -0.2) is 4.39 Å². The molecule has 2 N–H and O–H groups in total. The minimum atomic E-state index is -4.54. The third-order valence-electron chi connectivity index (χ3n) is 1.92. The molecule has 1 rings (SSSR count). The molecule has 1 nitrogen and oxygen atoms in total. The lowest BCUT2D eigenvalue weighted by Gasteiger charge is -2.12. The third-order valence-corrected chi connectivity index (χ3v) is 2.32. The lowest BCUT2D eigenvalue weighted by Crippen LogP contribution is -2.15. The zero-order chi connectivity index (χ0) is 11.6. The van der Waals surface area contributed by atoms with E-state index in [1.165, 1.54) is 0 Å². The van der Waals surface area contributed by atoms with Crippen LogP contribution in [0.3, 0.4) is 0 Å². The standard InChI is InChI=1S/C9H9F4NS/c10-7-3-5(9(11,12)13)1-2-6(7)8(14)4-15/h1-3,8,15H,4,14H2. The maximum absolute atomic E-state index is 13.2. The van der Waals surface area contributed by atoms with Crippen LogP contribution in [0.5, 0.6) is 0 Å². The van der Waals surface area contributed by atoms with Gasteiger partial charge in [-0.15, -0.1) is 0 Å². The summed E-state index contributed by atoms with van der Waals surface area (Å²) in [6.07, 6.45) is -4.54. The Morgan fingerprint density at radius 3 is 2.33 bits per heavy atom. The van der Waals surface area contributed by atoms with Gasteiger partial charge in [0.05, 0.1) is 5.56 Å². The molecule has 0 aliphatic rings. The van der Waals surface area contributed by atoms with Crippen LogP contribution in [0.1, 0.15) is 17.2 Å². The molecule has 6 heteroatoms. The minimum Gasteiger partial charge on any atom is -0.323 e. The fraction of sp³-hybridized carbons (Fsp3) is 0.333. The Kier molecular flexibility index (Phi) is 3.62. The number of hydrogen-bond acceptors (Lipinski definition) is 2. The van der Waals surface area contributed by atoms with Crippen LogP contribution in [0.4, 0.5) is 17.6 Å². The Hall–Kier alpha value is -0.750. The van der Waals surface area contributed by atoms with Gasteiger partial charge in [-0.2, -0.15) is 25.8 Å². The molecule has 0 saturated carbocycles. The Balaban J connectivity index is 3.09. The Bertz CT molecular complexity index is 350. The largest absolute Gasteiger partial charge is 0.416 e. The van der Waals surface area contributed by atoms with Gasteiger partial charge in [0.15, 0.2) is 0 Å². The molecule has 0 spiro atoms. The highest BCUT2D eigenvalue weighted by molar-refractivity contribution is 7.80. The number of benzene rings is 1. The molecule has 0 aliphatic heterocycles. The van der Waals surface area contributed by atoms with Crippen molar-refractivity contribution in [3.63, 3.8) is 0 Å². The van der Waals surface area contributed by atoms with Crippen molar-refractivity contribution in [2.24, 2.45) is 5.73 Å². The van der Waals surface area contributed by atoms with Crippen molar-refractivity contribution in [3.05, 3.63) is 35.1 Å². The number of alkyl halides is 3. The number of thiol groups is 1. The van der Waals surface area contributed by atoms with Crippen molar-refractivity contribution in [2.75, 3.05) is 5.75 Å². The fourth-order valence-electron chi connectivity index (χ4n) is 1.10. The number of hydrogen-bond donors (Lipinski definition) is 2. The minimum absolute atomic E-state index is 0.0398. The van der Waals surface area contributed by atoms with Gasteiger partial charge < -0.3 is 5.73 Å². The summed E-state index contributed by atoms with van der Waals surface area (Å²) in [5.41, 5.74) is 4.48. The zero-order valence-electron chi connectivity index (χ0n) is 7.55. The SMILES string of the molecule is NC(CS)c1ccc(C(F)(F)F)cc1F. The second-order valence-electron chi connectivity index (χ2n) is 3.02. The van der Waals surface area contributed by atoms with Crippen LogP contribution in [-0.4, -0.2) is 5.75 Å². The van der Waals surface area contributed by atoms with Crippen LogP contribution < -0.4 is 5.73 Å². The molecule has 0 aromatic heterocycles. The molecular formula is C9H9F4NS. The van der Waals surface area contributed by atoms with E-state index in [0.29, 0.717) is 6.07 Å². The van der Waals surface area contributed by atoms with Crippen LogP contribution in [0, 0.1) is 5.82 Å². The van der Waals surface area contributed by atoms with Crippen molar-refractivity contribution >= 4 is 12.6 Å². The predicted molar refractivity (Wildman–Crippen MR) is 52.2 cm³/mol. The van der Waals surface area contributed by atoms with E-state index in [1.807, 2.05) is 0 Å². The molecule has 1 unspecified atom stereocenters. The number of nitrogens with two attached hydrogens (primary N) is 1. The van der Waals surface area contributed by atoms with Gasteiger partial charge >= 0.3 is 6.18 Å². The maximum atomic E-state index is 13.2. The number of rotatable bonds is 2. The topological polar surface area (TPSA) is 26.0 Å². The summed E-state index contributed by atoms with van der Waals surface area (Å²) in [5.74, 6) is -0.783. The Morgan fingerprint density at radius 1 is 1.33 bits per heavy atom. The smallest absolute Gasteiger partial charge is 0.323 e. The summed E-state index contributed by atoms with van der Waals surface area (Å²) in [6, 6.07) is 1.59. The van der Waals surface area contributed by atoms with E-state index >= 15 is 0 Å². The molecular weight excluding hydrogens is 230 g/mol. The summed E-state index contributed by atoms with van der Waals surface area (Å²) in [5, 5.41) is 0. The molecule has 15 heavy (non-hydrogen) atoms. The first-order valence-corrected chi connectivity index (χ1v) is 4.72. The first-order chi connectivity index (χ1) is 6.86. The first-order valence-electron chi connectivity index (χ1n) is 4.09. The van der Waals surface area contributed by atoms with Crippen LogP contribution in [0.25, 0.3) is 0 Å². The molecule has 0 radical (unpaired) electrons. The van der Waals surface area contributed by atoms with Crippen LogP contribution in [0.15, 0.2) is 18.2 Å². The van der Waals surface area contributed by atoms with Crippen molar-refractivity contribution in [1.29, 1.82) is 0 Å². The van der Waals surface area contributed by atoms with E-state index in [2.05, 4.69) is 12.6 Å². The van der Waals surface area contributed by atoms with E-state index in [0.717, 1.165) is 12.1 Å². The van der Waals surface area contributed by atoms with Gasteiger partial charge in [-0.3, -0.25) is 0 Å². The average molecular weight is 239 g/mol. The zero-order valence-corrected chi connectivity index (χ0v) is 8.45. The van der Waals surface area contributed by atoms with E-state index in [1.54, 1.807) is 0 Å². The van der Waals surface area contributed by atoms with E-state index in [9.17, 15) is 17.6 Å². The van der Waals surface area contributed by atoms with Crippen LogP contribution in [-0.2, 0) is 6.18 Å². The second kappa shape index (κ2) is 4.40. The van der Waals surface area contributed by atoms with Crippen LogP contribution >= 0.6 is 12.6 Å². The monoisotopic (exact) mass is 239 g/mol. The second-order valence-corrected chi connectivity index (χ2v) is 3.39. The summed E-state index contributed by atoms with van der Waals surface area (Å²) < 4.78 is 49.7. The predicted octanol–water partition coefficient (Wildman–Crippen LogP) is 2.77. The number of halogens is 4. The normalized spacial score (nSPS) is 14.0. The highest BCUT2D eigenvalue weighted by atomic mass is 32.1. The summed E-state index contributed by atoms with van der Waals surface area (Å²) in [4.78, 5) is 0. The van der Waals surface area contributed by atoms with Crippen molar-refractivity contribution in [2.45, 2.75) is 12.2 Å². The molecule has 0 amide bonds. The molecule has 0 bridgehead atoms. The average Bonchev–Trinajstić information content (AvgIpc) is 2.15. The molecule has 0 fully saturated rings. The van der Waals surface area contributed by atoms with Gasteiger partial charge in [0.25, 0.3) is 0 Å². The molecule has 0 heterocycles. The van der Waals surface area contributed by atoms with Crippen molar-refractivity contribution < 1.29 is 17.6 Å². The molecule has 0 aliphatic carbocycles. The molecule has 1 aromatic carbocycles. The van der Waals surface area contributed by atoms with Crippen LogP contribution in [0.2, 0.25) is 0 Å². The summed E-state index contributed by atoms with van der Waals surface area (Å²) in [7, 11) is 0. The molecule has 1 atom stereocenters. The molecule has 84 valence electrons. The summed E-state index contributed by atoms with van der Waals surface area (Å²) >= 11 is 3.84. The third kappa shape index (κ3) is 2.85.